The van der Waals surface area contributed by atoms with E-state index in [2.05, 4.69) is 65.0 Å². The number of halogens is 1. The van der Waals surface area contributed by atoms with E-state index in [1.165, 1.54) is 17.0 Å². The molecule has 2 aromatic carbocycles. The molecule has 0 fully saturated rings. The summed E-state index contributed by atoms with van der Waals surface area (Å²) >= 11 is 3.62. The van der Waals surface area contributed by atoms with E-state index >= 15 is 0 Å². The number of ether oxygens (including phenoxy) is 2. The van der Waals surface area contributed by atoms with Gasteiger partial charge in [-0.1, -0.05) is 41.9 Å². The van der Waals surface area contributed by atoms with Crippen LogP contribution in [-0.2, 0) is 11.2 Å². The molecule has 4 nitrogen and oxygen atoms in total. The van der Waals surface area contributed by atoms with Crippen LogP contribution in [0.4, 0.5) is 0 Å². The third-order valence-electron chi connectivity index (χ3n) is 6.85. The minimum absolute atomic E-state index is 0.0436. The summed E-state index contributed by atoms with van der Waals surface area (Å²) in [6, 6.07) is 12.5. The molecule has 2 heterocycles. The second kappa shape index (κ2) is 7.80. The predicted octanol–water partition coefficient (Wildman–Crippen LogP) is 6.11. The van der Waals surface area contributed by atoms with Crippen LogP contribution in [0, 0.1) is 5.41 Å². The van der Waals surface area contributed by atoms with E-state index in [1.54, 1.807) is 14.2 Å². The second-order valence-electron chi connectivity index (χ2n) is 9.65. The summed E-state index contributed by atoms with van der Waals surface area (Å²) in [4.78, 5) is 15.8. The van der Waals surface area contributed by atoms with Gasteiger partial charge in [-0.2, -0.15) is 0 Å². The number of benzene rings is 2. The van der Waals surface area contributed by atoms with Crippen molar-refractivity contribution in [3.05, 3.63) is 74.9 Å². The number of hydrogen-bond donors (Lipinski definition) is 0. The fraction of sp³-hybridized carbons (Fsp3) is 0.370. The lowest BCUT2D eigenvalue weighted by Gasteiger charge is -2.46. The maximum absolute atomic E-state index is 13.5. The highest BCUT2D eigenvalue weighted by Crippen LogP contribution is 2.51. The molecule has 5 rings (SSSR count). The smallest absolute Gasteiger partial charge is 0.162 e. The van der Waals surface area contributed by atoms with Gasteiger partial charge in [-0.25, -0.2) is 0 Å². The minimum atomic E-state index is -0.0589. The average molecular weight is 494 g/mol. The lowest BCUT2D eigenvalue weighted by Crippen LogP contribution is -2.40. The molecule has 1 atom stereocenters. The Bertz CT molecular complexity index is 1180. The van der Waals surface area contributed by atoms with Gasteiger partial charge in [0.05, 0.1) is 14.2 Å². The maximum atomic E-state index is 13.5. The van der Waals surface area contributed by atoms with Crippen LogP contribution in [0.1, 0.15) is 49.3 Å². The standard InChI is InChI=1S/C27H28BrNO3/c1-27(2)14-22-26(23(30)15-27)20(16-6-5-7-18(28)10-16)12-21-19-13-25(32-4)24(31-3)11-17(19)8-9-29(21)22/h5-7,10-13,20H,8-9,14-15H2,1-4H3/t20-/m1/s1. The van der Waals surface area contributed by atoms with Gasteiger partial charge >= 0.3 is 0 Å². The number of hydrogen-bond acceptors (Lipinski definition) is 4. The Balaban J connectivity index is 1.72. The SMILES string of the molecule is COc1cc2c(cc1OC)C1=C[C@H](c3cccc(Br)c3)C3=C(CC(C)(C)CC3=O)N1CC2. The average Bonchev–Trinajstić information content (AvgIpc) is 2.76. The molecule has 1 aliphatic carbocycles. The van der Waals surface area contributed by atoms with Gasteiger partial charge in [-0.3, -0.25) is 4.79 Å². The number of fused-ring (bicyclic) bond motifs is 4. The van der Waals surface area contributed by atoms with E-state index in [4.69, 9.17) is 9.47 Å². The largest absolute Gasteiger partial charge is 0.493 e. The van der Waals surface area contributed by atoms with Gasteiger partial charge in [-0.15, -0.1) is 0 Å². The highest BCUT2D eigenvalue weighted by Gasteiger charge is 2.42. The monoisotopic (exact) mass is 493 g/mol. The molecule has 0 unspecified atom stereocenters. The first-order chi connectivity index (χ1) is 15.3. The molecule has 0 radical (unpaired) electrons. The molecular weight excluding hydrogens is 466 g/mol. The van der Waals surface area contributed by atoms with Crippen molar-refractivity contribution in [2.45, 2.75) is 39.0 Å². The fourth-order valence-electron chi connectivity index (χ4n) is 5.42. The van der Waals surface area contributed by atoms with Crippen LogP contribution in [0.15, 0.2) is 58.2 Å². The van der Waals surface area contributed by atoms with Gasteiger partial charge in [0.2, 0.25) is 0 Å². The summed E-state index contributed by atoms with van der Waals surface area (Å²) in [5, 5.41) is 0. The molecular formula is C27H28BrNO3. The number of methoxy groups -OCH3 is 2. The van der Waals surface area contributed by atoms with E-state index < -0.39 is 0 Å². The number of carbonyl (C=O) groups is 1. The molecule has 2 aromatic rings. The van der Waals surface area contributed by atoms with Crippen molar-refractivity contribution in [3.63, 3.8) is 0 Å². The molecule has 166 valence electrons. The Morgan fingerprint density at radius 3 is 2.53 bits per heavy atom. The lowest BCUT2D eigenvalue weighted by molar-refractivity contribution is -0.118. The van der Waals surface area contributed by atoms with Crippen molar-refractivity contribution >= 4 is 27.4 Å². The molecule has 2 aliphatic heterocycles. The van der Waals surface area contributed by atoms with E-state index in [0.717, 1.165) is 52.1 Å². The van der Waals surface area contributed by atoms with E-state index in [1.807, 2.05) is 12.1 Å². The topological polar surface area (TPSA) is 38.8 Å². The molecule has 0 saturated carbocycles. The van der Waals surface area contributed by atoms with Gasteiger partial charge in [-0.05, 0) is 59.7 Å². The van der Waals surface area contributed by atoms with Crippen molar-refractivity contribution in [1.29, 1.82) is 0 Å². The number of rotatable bonds is 3. The summed E-state index contributed by atoms with van der Waals surface area (Å²) < 4.78 is 12.2. The molecule has 0 spiro atoms. The second-order valence-corrected chi connectivity index (χ2v) is 10.6. The van der Waals surface area contributed by atoms with Crippen molar-refractivity contribution in [3.8, 4) is 11.5 Å². The summed E-state index contributed by atoms with van der Waals surface area (Å²) in [5.41, 5.74) is 6.84. The molecule has 5 heteroatoms. The molecule has 0 N–H and O–H groups in total. The predicted molar refractivity (Wildman–Crippen MR) is 130 cm³/mol. The molecule has 3 aliphatic rings. The first kappa shape index (κ1) is 21.3. The Morgan fingerprint density at radius 1 is 1.06 bits per heavy atom. The zero-order valence-corrected chi connectivity index (χ0v) is 20.6. The van der Waals surface area contributed by atoms with Gasteiger partial charge < -0.3 is 14.4 Å². The zero-order valence-electron chi connectivity index (χ0n) is 19.0. The third-order valence-corrected chi connectivity index (χ3v) is 7.34. The van der Waals surface area contributed by atoms with Crippen LogP contribution in [0.2, 0.25) is 0 Å². The van der Waals surface area contributed by atoms with Gasteiger partial charge in [0.1, 0.15) is 0 Å². The first-order valence-corrected chi connectivity index (χ1v) is 11.9. The molecule has 0 amide bonds. The highest BCUT2D eigenvalue weighted by molar-refractivity contribution is 9.10. The summed E-state index contributed by atoms with van der Waals surface area (Å²) in [7, 11) is 3.35. The van der Waals surface area contributed by atoms with Gasteiger partial charge in [0.25, 0.3) is 0 Å². The highest BCUT2D eigenvalue weighted by atomic mass is 79.9. The fourth-order valence-corrected chi connectivity index (χ4v) is 5.84. The molecule has 0 aromatic heterocycles. The van der Waals surface area contributed by atoms with Crippen molar-refractivity contribution in [2.24, 2.45) is 5.41 Å². The third kappa shape index (κ3) is 3.47. The van der Waals surface area contributed by atoms with Gasteiger partial charge in [0.15, 0.2) is 17.3 Å². The lowest BCUT2D eigenvalue weighted by atomic mass is 9.69. The number of ketones is 1. The maximum Gasteiger partial charge on any atom is 0.162 e. The summed E-state index contributed by atoms with van der Waals surface area (Å²) in [6.07, 6.45) is 4.67. The van der Waals surface area contributed by atoms with E-state index in [0.29, 0.717) is 6.42 Å². The number of carbonyl (C=O) groups excluding carboxylic acids is 1. The molecule has 32 heavy (non-hydrogen) atoms. The molecule has 0 bridgehead atoms. The normalized spacial score (nSPS) is 21.4. The summed E-state index contributed by atoms with van der Waals surface area (Å²) in [6.45, 7) is 5.26. The van der Waals surface area contributed by atoms with E-state index in [-0.39, 0.29) is 17.1 Å². The van der Waals surface area contributed by atoms with Crippen molar-refractivity contribution in [1.82, 2.24) is 4.90 Å². The van der Waals surface area contributed by atoms with Crippen LogP contribution in [0.3, 0.4) is 0 Å². The van der Waals surface area contributed by atoms with Crippen LogP contribution < -0.4 is 9.47 Å². The van der Waals surface area contributed by atoms with Crippen molar-refractivity contribution in [2.75, 3.05) is 20.8 Å². The Labute approximate surface area is 198 Å². The Hall–Kier alpha value is -2.53. The minimum Gasteiger partial charge on any atom is -0.493 e. The van der Waals surface area contributed by atoms with Crippen LogP contribution in [0.25, 0.3) is 5.70 Å². The number of nitrogens with zero attached hydrogens (tertiary/aromatic N) is 1. The Morgan fingerprint density at radius 2 is 1.81 bits per heavy atom. The quantitative estimate of drug-likeness (QED) is 0.517. The van der Waals surface area contributed by atoms with E-state index in [9.17, 15) is 4.79 Å². The summed E-state index contributed by atoms with van der Waals surface area (Å²) in [5.74, 6) is 1.70. The first-order valence-electron chi connectivity index (χ1n) is 11.1. The zero-order chi connectivity index (χ0) is 22.6. The van der Waals surface area contributed by atoms with Crippen LogP contribution >= 0.6 is 15.9 Å². The van der Waals surface area contributed by atoms with Crippen LogP contribution in [-0.4, -0.2) is 31.4 Å². The van der Waals surface area contributed by atoms with Gasteiger partial charge in [0, 0.05) is 45.9 Å². The number of Topliss-reactive ketones (excluding diaryl/α,β-unsaturated/α-hetero) is 1. The van der Waals surface area contributed by atoms with Crippen molar-refractivity contribution < 1.29 is 14.3 Å². The molecule has 0 saturated heterocycles. The van der Waals surface area contributed by atoms with Crippen LogP contribution in [0.5, 0.6) is 11.5 Å². The Kier molecular flexibility index (Phi) is 5.20. The number of allylic oxidation sites excluding steroid dienone is 3.